The average Bonchev–Trinajstić information content (AvgIpc) is 3.00. The maximum absolute atomic E-state index is 12.0. The van der Waals surface area contributed by atoms with Crippen molar-refractivity contribution in [2.75, 3.05) is 18.0 Å². The van der Waals surface area contributed by atoms with Crippen LogP contribution in [0.3, 0.4) is 0 Å². The van der Waals surface area contributed by atoms with Crippen molar-refractivity contribution in [1.29, 1.82) is 0 Å². The van der Waals surface area contributed by atoms with Gasteiger partial charge in [-0.3, -0.25) is 15.2 Å². The summed E-state index contributed by atoms with van der Waals surface area (Å²) in [7, 11) is 0. The molecule has 2 N–H and O–H groups in total. The molecule has 2 heterocycles. The summed E-state index contributed by atoms with van der Waals surface area (Å²) >= 11 is 0. The number of nitrogens with zero attached hydrogens (tertiary/aromatic N) is 3. The van der Waals surface area contributed by atoms with Crippen LogP contribution in [0.5, 0.6) is 0 Å². The number of benzene rings is 1. The van der Waals surface area contributed by atoms with Crippen LogP contribution in [0.1, 0.15) is 33.6 Å². The summed E-state index contributed by atoms with van der Waals surface area (Å²) < 4.78 is 5.31. The van der Waals surface area contributed by atoms with Gasteiger partial charge in [0.2, 0.25) is 0 Å². The van der Waals surface area contributed by atoms with Crippen molar-refractivity contribution in [3.8, 4) is 0 Å². The molecule has 0 aliphatic carbocycles. The number of alkyl carbamates (subject to hydrolysis) is 1. The topological polar surface area (TPSA) is 113 Å². The molecule has 140 valence electrons. The number of aromatic amines is 1. The second-order valence-corrected chi connectivity index (χ2v) is 7.45. The number of nitro groups is 1. The van der Waals surface area contributed by atoms with E-state index in [9.17, 15) is 14.9 Å². The highest BCUT2D eigenvalue weighted by molar-refractivity contribution is 5.96. The monoisotopic (exact) mass is 361 g/mol. The minimum absolute atomic E-state index is 0.0387. The maximum Gasteiger partial charge on any atom is 0.407 e. The summed E-state index contributed by atoms with van der Waals surface area (Å²) in [4.78, 5) is 25.1. The van der Waals surface area contributed by atoms with Crippen LogP contribution in [0.2, 0.25) is 0 Å². The number of ether oxygens (including phenoxy) is 1. The molecule has 1 aromatic heterocycles. The van der Waals surface area contributed by atoms with E-state index in [2.05, 4.69) is 15.5 Å². The van der Waals surface area contributed by atoms with Crippen molar-refractivity contribution in [2.45, 2.75) is 45.3 Å². The van der Waals surface area contributed by atoms with Crippen LogP contribution in [0.15, 0.2) is 18.3 Å². The van der Waals surface area contributed by atoms with Crippen molar-refractivity contribution in [2.24, 2.45) is 0 Å². The van der Waals surface area contributed by atoms with Gasteiger partial charge in [-0.2, -0.15) is 5.10 Å². The van der Waals surface area contributed by atoms with Gasteiger partial charge in [0.1, 0.15) is 11.3 Å². The normalized spacial score (nSPS) is 18.0. The Balaban J connectivity index is 1.83. The Labute approximate surface area is 150 Å². The summed E-state index contributed by atoms with van der Waals surface area (Å²) in [5.41, 5.74) is 0.751. The number of nitrogens with one attached hydrogen (secondary N) is 2. The summed E-state index contributed by atoms with van der Waals surface area (Å²) in [5, 5.41) is 21.9. The zero-order valence-corrected chi connectivity index (χ0v) is 15.1. The van der Waals surface area contributed by atoms with E-state index >= 15 is 0 Å². The Morgan fingerprint density at radius 3 is 2.92 bits per heavy atom. The van der Waals surface area contributed by atoms with E-state index in [1.54, 1.807) is 12.3 Å². The fraction of sp³-hybridized carbons (Fsp3) is 0.529. The summed E-state index contributed by atoms with van der Waals surface area (Å²) in [6.45, 7) is 6.58. The lowest BCUT2D eigenvalue weighted by atomic mass is 10.0. The number of aromatic nitrogens is 2. The number of hydrogen-bond acceptors (Lipinski definition) is 6. The highest BCUT2D eigenvalue weighted by Crippen LogP contribution is 2.36. The van der Waals surface area contributed by atoms with Gasteiger partial charge in [0.05, 0.1) is 22.0 Å². The molecular formula is C17H23N5O4. The van der Waals surface area contributed by atoms with Crippen LogP contribution in [0.25, 0.3) is 10.9 Å². The SMILES string of the molecule is CC(C)(C)OC(=O)NC1CCCN(c2c([N+](=O)[O-])ccc3[nH]ncc23)C1. The minimum atomic E-state index is -0.570. The van der Waals surface area contributed by atoms with Gasteiger partial charge in [-0.25, -0.2) is 4.79 Å². The Morgan fingerprint density at radius 1 is 1.46 bits per heavy atom. The number of carbonyl (C=O) groups is 1. The lowest BCUT2D eigenvalue weighted by Gasteiger charge is -2.35. The third-order valence-corrected chi connectivity index (χ3v) is 4.23. The van der Waals surface area contributed by atoms with E-state index in [4.69, 9.17) is 4.74 Å². The van der Waals surface area contributed by atoms with E-state index in [1.807, 2.05) is 25.7 Å². The molecule has 9 heteroatoms. The first-order chi connectivity index (χ1) is 12.2. The largest absolute Gasteiger partial charge is 0.444 e. The molecule has 2 aromatic rings. The number of hydrogen-bond donors (Lipinski definition) is 2. The molecule has 0 spiro atoms. The molecule has 0 saturated carbocycles. The first-order valence-electron chi connectivity index (χ1n) is 8.59. The Bertz CT molecular complexity index is 826. The molecule has 1 fully saturated rings. The average molecular weight is 361 g/mol. The second kappa shape index (κ2) is 6.81. The number of piperidine rings is 1. The third kappa shape index (κ3) is 3.87. The Morgan fingerprint density at radius 2 is 2.23 bits per heavy atom. The first kappa shape index (κ1) is 18.0. The molecule has 1 aromatic carbocycles. The van der Waals surface area contributed by atoms with E-state index in [0.29, 0.717) is 24.2 Å². The molecular weight excluding hydrogens is 338 g/mol. The summed E-state index contributed by atoms with van der Waals surface area (Å²) in [5.74, 6) is 0. The van der Waals surface area contributed by atoms with Crippen LogP contribution in [-0.2, 0) is 4.74 Å². The van der Waals surface area contributed by atoms with Gasteiger partial charge in [-0.15, -0.1) is 0 Å². The standard InChI is InChI=1S/C17H23N5O4/c1-17(2,3)26-16(23)19-11-5-4-8-21(10-11)15-12-9-18-20-13(12)6-7-14(15)22(24)25/h6-7,9,11H,4-5,8,10H2,1-3H3,(H,18,20)(H,19,23). The quantitative estimate of drug-likeness (QED) is 0.642. The maximum atomic E-state index is 12.0. The zero-order chi connectivity index (χ0) is 18.9. The fourth-order valence-corrected chi connectivity index (χ4v) is 3.24. The number of anilines is 1. The molecule has 1 amide bonds. The highest BCUT2D eigenvalue weighted by Gasteiger charge is 2.29. The molecule has 1 aliphatic rings. The van der Waals surface area contributed by atoms with E-state index in [0.717, 1.165) is 18.4 Å². The van der Waals surface area contributed by atoms with Crippen molar-refractivity contribution in [1.82, 2.24) is 15.5 Å². The molecule has 1 atom stereocenters. The zero-order valence-electron chi connectivity index (χ0n) is 15.1. The Kier molecular flexibility index (Phi) is 4.71. The van der Waals surface area contributed by atoms with E-state index in [-0.39, 0.29) is 16.7 Å². The number of nitro benzene ring substituents is 1. The van der Waals surface area contributed by atoms with Crippen molar-refractivity contribution in [3.63, 3.8) is 0 Å². The smallest absolute Gasteiger partial charge is 0.407 e. The second-order valence-electron chi connectivity index (χ2n) is 7.45. The van der Waals surface area contributed by atoms with Gasteiger partial charge in [-0.05, 0) is 39.7 Å². The van der Waals surface area contributed by atoms with Gasteiger partial charge >= 0.3 is 6.09 Å². The summed E-state index contributed by atoms with van der Waals surface area (Å²) in [6, 6.07) is 3.01. The van der Waals surface area contributed by atoms with Gasteiger partial charge in [0.15, 0.2) is 0 Å². The van der Waals surface area contributed by atoms with Crippen molar-refractivity contribution < 1.29 is 14.5 Å². The van der Waals surface area contributed by atoms with Gasteiger partial charge in [0, 0.05) is 25.2 Å². The molecule has 9 nitrogen and oxygen atoms in total. The molecule has 26 heavy (non-hydrogen) atoms. The minimum Gasteiger partial charge on any atom is -0.444 e. The van der Waals surface area contributed by atoms with Crippen LogP contribution in [-0.4, -0.2) is 45.9 Å². The predicted molar refractivity (Wildman–Crippen MR) is 97.4 cm³/mol. The van der Waals surface area contributed by atoms with Crippen LogP contribution >= 0.6 is 0 Å². The third-order valence-electron chi connectivity index (χ3n) is 4.23. The van der Waals surface area contributed by atoms with Crippen LogP contribution < -0.4 is 10.2 Å². The van der Waals surface area contributed by atoms with E-state index < -0.39 is 11.7 Å². The first-order valence-corrected chi connectivity index (χ1v) is 8.59. The van der Waals surface area contributed by atoms with Crippen molar-refractivity contribution in [3.05, 3.63) is 28.4 Å². The van der Waals surface area contributed by atoms with Crippen LogP contribution in [0, 0.1) is 10.1 Å². The predicted octanol–water partition coefficient (Wildman–Crippen LogP) is 2.96. The Hall–Kier alpha value is -2.84. The van der Waals surface area contributed by atoms with Crippen LogP contribution in [0.4, 0.5) is 16.2 Å². The lowest BCUT2D eigenvalue weighted by molar-refractivity contribution is -0.384. The van der Waals surface area contributed by atoms with E-state index in [1.165, 1.54) is 6.07 Å². The number of amides is 1. The molecule has 0 radical (unpaired) electrons. The summed E-state index contributed by atoms with van der Waals surface area (Å²) in [6.07, 6.45) is 2.74. The van der Waals surface area contributed by atoms with Gasteiger partial charge in [-0.1, -0.05) is 0 Å². The highest BCUT2D eigenvalue weighted by atomic mass is 16.6. The van der Waals surface area contributed by atoms with Gasteiger partial charge < -0.3 is 15.0 Å². The number of fused-ring (bicyclic) bond motifs is 1. The van der Waals surface area contributed by atoms with Gasteiger partial charge in [0.25, 0.3) is 5.69 Å². The number of rotatable bonds is 3. The number of H-pyrrole nitrogens is 1. The van der Waals surface area contributed by atoms with Crippen molar-refractivity contribution >= 4 is 28.4 Å². The molecule has 3 rings (SSSR count). The number of carbonyl (C=O) groups excluding carboxylic acids is 1. The molecule has 1 unspecified atom stereocenters. The molecule has 0 bridgehead atoms. The molecule has 1 aliphatic heterocycles. The fourth-order valence-electron chi connectivity index (χ4n) is 3.24. The molecule has 1 saturated heterocycles. The lowest BCUT2D eigenvalue weighted by Crippen LogP contribution is -2.49.